The predicted octanol–water partition coefficient (Wildman–Crippen LogP) is 0.514. The van der Waals surface area contributed by atoms with Crippen LogP contribution in [-0.2, 0) is 6.54 Å². The molecular weight excluding hydrogens is 234 g/mol. The summed E-state index contributed by atoms with van der Waals surface area (Å²) in [5.74, 6) is 1.81. The van der Waals surface area contributed by atoms with Gasteiger partial charge in [-0.25, -0.2) is 0 Å². The molecule has 2 N–H and O–H groups in total. The highest BCUT2D eigenvalue weighted by Crippen LogP contribution is 2.35. The van der Waals surface area contributed by atoms with Crippen LogP contribution < -0.4 is 0 Å². The zero-order valence-corrected chi connectivity index (χ0v) is 10.6. The highest BCUT2D eigenvalue weighted by molar-refractivity contribution is 4.96. The lowest BCUT2D eigenvalue weighted by molar-refractivity contribution is 0.162. The molecule has 0 aromatic carbocycles. The van der Waals surface area contributed by atoms with Crippen molar-refractivity contribution in [3.63, 3.8) is 0 Å². The second-order valence-electron chi connectivity index (χ2n) is 4.74. The van der Waals surface area contributed by atoms with Crippen LogP contribution in [0.25, 0.3) is 0 Å². The summed E-state index contributed by atoms with van der Waals surface area (Å²) in [7, 11) is 0. The first-order valence-corrected chi connectivity index (χ1v) is 6.60. The average molecular weight is 255 g/mol. The lowest BCUT2D eigenvalue weighted by atomic mass is 9.85. The third-order valence-corrected chi connectivity index (χ3v) is 3.34. The Hall–Kier alpha value is -0.980. The number of nitrogens with zero attached hydrogens (tertiary/aromatic N) is 3. The molecule has 18 heavy (non-hydrogen) atoms. The average Bonchev–Trinajstić information content (AvgIpc) is 2.72. The van der Waals surface area contributed by atoms with E-state index in [0.717, 1.165) is 25.3 Å². The molecular formula is C12H21N3O3. The lowest BCUT2D eigenvalue weighted by Gasteiger charge is -2.21. The largest absolute Gasteiger partial charge is 0.424 e. The van der Waals surface area contributed by atoms with Crippen LogP contribution in [0.15, 0.2) is 4.42 Å². The first-order valence-electron chi connectivity index (χ1n) is 6.60. The van der Waals surface area contributed by atoms with Gasteiger partial charge in [-0.15, -0.1) is 10.2 Å². The minimum absolute atomic E-state index is 0.0923. The Morgan fingerprint density at radius 2 is 2.00 bits per heavy atom. The highest BCUT2D eigenvalue weighted by atomic mass is 16.4. The summed E-state index contributed by atoms with van der Waals surface area (Å²) < 4.78 is 5.64. The van der Waals surface area contributed by atoms with Crippen LogP contribution >= 0.6 is 0 Å². The molecule has 0 amide bonds. The van der Waals surface area contributed by atoms with Gasteiger partial charge in [0.25, 0.3) is 0 Å². The number of aromatic nitrogens is 2. The van der Waals surface area contributed by atoms with E-state index < -0.39 is 0 Å². The third-order valence-electron chi connectivity index (χ3n) is 3.34. The van der Waals surface area contributed by atoms with Crippen molar-refractivity contribution in [3.8, 4) is 0 Å². The van der Waals surface area contributed by atoms with E-state index in [1.54, 1.807) is 0 Å². The van der Waals surface area contributed by atoms with Crippen LogP contribution in [-0.4, -0.2) is 51.6 Å². The number of rotatable bonds is 8. The first-order chi connectivity index (χ1) is 8.83. The van der Waals surface area contributed by atoms with Crippen LogP contribution in [0.2, 0.25) is 0 Å². The van der Waals surface area contributed by atoms with Crippen molar-refractivity contribution in [2.45, 2.75) is 38.1 Å². The minimum atomic E-state index is 0.0923. The molecule has 1 aromatic rings. The maximum Gasteiger partial charge on any atom is 0.230 e. The molecule has 1 aromatic heterocycles. The van der Waals surface area contributed by atoms with E-state index >= 15 is 0 Å². The molecule has 6 heteroatoms. The Morgan fingerprint density at radius 1 is 1.17 bits per heavy atom. The fourth-order valence-corrected chi connectivity index (χ4v) is 2.05. The molecule has 0 aliphatic heterocycles. The summed E-state index contributed by atoms with van der Waals surface area (Å²) in [5, 5.41) is 25.9. The number of aliphatic hydroxyl groups is 2. The fourth-order valence-electron chi connectivity index (χ4n) is 2.05. The van der Waals surface area contributed by atoms with Gasteiger partial charge in [-0.3, -0.25) is 4.90 Å². The second kappa shape index (κ2) is 6.82. The number of aliphatic hydroxyl groups excluding tert-OH is 2. The zero-order chi connectivity index (χ0) is 12.8. The quantitative estimate of drug-likeness (QED) is 0.704. The summed E-state index contributed by atoms with van der Waals surface area (Å²) in [5.41, 5.74) is 0. The van der Waals surface area contributed by atoms with Crippen LogP contribution in [0.1, 0.15) is 43.4 Å². The van der Waals surface area contributed by atoms with Gasteiger partial charge in [-0.2, -0.15) is 0 Å². The van der Waals surface area contributed by atoms with Gasteiger partial charge < -0.3 is 14.6 Å². The van der Waals surface area contributed by atoms with E-state index in [0.29, 0.717) is 31.3 Å². The molecule has 1 aliphatic carbocycles. The molecule has 1 fully saturated rings. The van der Waals surface area contributed by atoms with Crippen molar-refractivity contribution < 1.29 is 14.6 Å². The van der Waals surface area contributed by atoms with Gasteiger partial charge in [0.2, 0.25) is 11.8 Å². The molecule has 1 aliphatic rings. The lowest BCUT2D eigenvalue weighted by Crippen LogP contribution is -2.28. The maximum atomic E-state index is 8.98. The van der Waals surface area contributed by atoms with Crippen molar-refractivity contribution in [1.82, 2.24) is 15.1 Å². The van der Waals surface area contributed by atoms with Crippen molar-refractivity contribution in [2.24, 2.45) is 0 Å². The van der Waals surface area contributed by atoms with Crippen LogP contribution in [0.4, 0.5) is 0 Å². The smallest absolute Gasteiger partial charge is 0.230 e. The molecule has 1 saturated carbocycles. The highest BCUT2D eigenvalue weighted by Gasteiger charge is 2.25. The van der Waals surface area contributed by atoms with E-state index in [2.05, 4.69) is 10.2 Å². The molecule has 1 heterocycles. The maximum absolute atomic E-state index is 8.98. The molecule has 0 bridgehead atoms. The van der Waals surface area contributed by atoms with Gasteiger partial charge in [0.1, 0.15) is 0 Å². The van der Waals surface area contributed by atoms with E-state index in [4.69, 9.17) is 14.6 Å². The van der Waals surface area contributed by atoms with Crippen LogP contribution in [0.5, 0.6) is 0 Å². The Morgan fingerprint density at radius 3 is 2.61 bits per heavy atom. The Kier molecular flexibility index (Phi) is 5.10. The molecule has 0 atom stereocenters. The van der Waals surface area contributed by atoms with E-state index in [1.165, 1.54) is 6.42 Å². The standard InChI is InChI=1S/C12H21N3O3/c16-7-2-5-15(6-8-17)9-11-13-14-12(18-11)10-3-1-4-10/h10,16-17H,1-9H2. The minimum Gasteiger partial charge on any atom is -0.424 e. The molecule has 0 saturated heterocycles. The summed E-state index contributed by atoms with van der Waals surface area (Å²) in [4.78, 5) is 2.01. The zero-order valence-electron chi connectivity index (χ0n) is 10.6. The Balaban J connectivity index is 1.86. The topological polar surface area (TPSA) is 82.6 Å². The van der Waals surface area contributed by atoms with Crippen molar-refractivity contribution >= 4 is 0 Å². The van der Waals surface area contributed by atoms with Gasteiger partial charge in [-0.1, -0.05) is 6.42 Å². The SMILES string of the molecule is OCCCN(CCO)Cc1nnc(C2CCC2)o1. The van der Waals surface area contributed by atoms with Crippen LogP contribution in [0.3, 0.4) is 0 Å². The molecule has 2 rings (SSSR count). The summed E-state index contributed by atoms with van der Waals surface area (Å²) in [6, 6.07) is 0. The van der Waals surface area contributed by atoms with Gasteiger partial charge in [-0.05, 0) is 19.3 Å². The summed E-state index contributed by atoms with van der Waals surface area (Å²) in [6.07, 6.45) is 4.22. The Labute approximate surface area is 107 Å². The van der Waals surface area contributed by atoms with Gasteiger partial charge in [0.05, 0.1) is 13.2 Å². The monoisotopic (exact) mass is 255 g/mol. The van der Waals surface area contributed by atoms with Crippen molar-refractivity contribution in [2.75, 3.05) is 26.3 Å². The molecule has 102 valence electrons. The van der Waals surface area contributed by atoms with E-state index in [1.807, 2.05) is 4.90 Å². The molecule has 0 radical (unpaired) electrons. The van der Waals surface area contributed by atoms with E-state index in [-0.39, 0.29) is 13.2 Å². The molecule has 6 nitrogen and oxygen atoms in total. The summed E-state index contributed by atoms with van der Waals surface area (Å²) >= 11 is 0. The fraction of sp³-hybridized carbons (Fsp3) is 0.833. The second-order valence-corrected chi connectivity index (χ2v) is 4.74. The van der Waals surface area contributed by atoms with Crippen molar-refractivity contribution in [3.05, 3.63) is 11.8 Å². The summed E-state index contributed by atoms with van der Waals surface area (Å²) in [6.45, 7) is 2.06. The van der Waals surface area contributed by atoms with Gasteiger partial charge in [0.15, 0.2) is 0 Å². The normalized spacial score (nSPS) is 16.2. The van der Waals surface area contributed by atoms with Crippen molar-refractivity contribution in [1.29, 1.82) is 0 Å². The third kappa shape index (κ3) is 3.51. The van der Waals surface area contributed by atoms with Gasteiger partial charge in [0, 0.05) is 25.6 Å². The van der Waals surface area contributed by atoms with E-state index in [9.17, 15) is 0 Å². The number of hydrogen-bond acceptors (Lipinski definition) is 6. The molecule has 0 spiro atoms. The Bertz CT molecular complexity index is 352. The van der Waals surface area contributed by atoms with Crippen LogP contribution in [0, 0.1) is 0 Å². The number of hydrogen-bond donors (Lipinski definition) is 2. The first kappa shape index (κ1) is 13.5. The van der Waals surface area contributed by atoms with Gasteiger partial charge >= 0.3 is 0 Å². The predicted molar refractivity (Wildman–Crippen MR) is 65.0 cm³/mol. The molecule has 0 unspecified atom stereocenters.